The fraction of sp³-hybridized carbons (Fsp3) is 0.350. The van der Waals surface area contributed by atoms with Gasteiger partial charge in [-0.2, -0.15) is 0 Å². The van der Waals surface area contributed by atoms with Crippen LogP contribution >= 0.6 is 36.4 Å². The van der Waals surface area contributed by atoms with E-state index in [-0.39, 0.29) is 36.8 Å². The molecular weight excluding hydrogens is 421 g/mol. The molecule has 1 amide bonds. The number of ether oxygens (including phenoxy) is 1. The third-order valence-electron chi connectivity index (χ3n) is 4.94. The second-order valence-electron chi connectivity index (χ2n) is 6.57. The van der Waals surface area contributed by atoms with Crippen LogP contribution in [0, 0.1) is 0 Å². The van der Waals surface area contributed by atoms with Crippen LogP contribution in [0.15, 0.2) is 42.5 Å². The molecule has 2 aromatic rings. The Balaban J connectivity index is 0.00000196. The summed E-state index contributed by atoms with van der Waals surface area (Å²) in [5.74, 6) is 0.336. The number of piperidine rings is 1. The second-order valence-corrected chi connectivity index (χ2v) is 6.97. The van der Waals surface area contributed by atoms with E-state index < -0.39 is 0 Å². The molecule has 1 fully saturated rings. The first kappa shape index (κ1) is 24.2. The molecule has 3 rings (SSSR count). The van der Waals surface area contributed by atoms with Crippen molar-refractivity contribution < 1.29 is 9.53 Å². The van der Waals surface area contributed by atoms with Gasteiger partial charge in [0.15, 0.2) is 0 Å². The second kappa shape index (κ2) is 10.6. The van der Waals surface area contributed by atoms with Crippen LogP contribution in [0.25, 0.3) is 0 Å². The fourth-order valence-corrected chi connectivity index (χ4v) is 3.57. The highest BCUT2D eigenvalue weighted by Crippen LogP contribution is 2.31. The molecule has 1 atom stereocenters. The lowest BCUT2D eigenvalue weighted by atomic mass is 10.0. The Morgan fingerprint density at radius 3 is 2.57 bits per heavy atom. The molecule has 0 aliphatic carbocycles. The molecule has 5 nitrogen and oxygen atoms in total. The molecule has 1 heterocycles. The largest absolute Gasteiger partial charge is 0.496 e. The first-order valence-electron chi connectivity index (χ1n) is 8.71. The molecule has 2 aromatic carbocycles. The lowest BCUT2D eigenvalue weighted by molar-refractivity contribution is 0.0714. The molecule has 154 valence electrons. The van der Waals surface area contributed by atoms with Crippen LogP contribution in [-0.4, -0.2) is 44.1 Å². The van der Waals surface area contributed by atoms with E-state index in [9.17, 15) is 4.79 Å². The molecule has 8 heteroatoms. The Hall–Kier alpha value is -1.82. The predicted molar refractivity (Wildman–Crippen MR) is 121 cm³/mol. The number of hydrogen-bond donors (Lipinski definition) is 1. The van der Waals surface area contributed by atoms with Crippen LogP contribution in [0.4, 0.5) is 11.4 Å². The van der Waals surface area contributed by atoms with E-state index in [2.05, 4.69) is 17.0 Å². The van der Waals surface area contributed by atoms with Crippen molar-refractivity contribution in [2.45, 2.75) is 18.9 Å². The van der Waals surface area contributed by atoms with E-state index in [1.807, 2.05) is 25.2 Å². The van der Waals surface area contributed by atoms with Crippen molar-refractivity contribution in [3.05, 3.63) is 53.1 Å². The van der Waals surface area contributed by atoms with Crippen LogP contribution in [0.3, 0.4) is 0 Å². The number of carbonyl (C=O) groups excluding carboxylic acids is 1. The SMILES string of the molecule is COc1cc(N)c(Cl)cc1C(=O)N(C)C1CCCN(c2ccccc2)C1.Cl.Cl. The number of anilines is 2. The highest BCUT2D eigenvalue weighted by atomic mass is 35.5. The molecule has 0 spiro atoms. The zero-order valence-corrected chi connectivity index (χ0v) is 18.3. The van der Waals surface area contributed by atoms with Crippen molar-refractivity contribution in [2.24, 2.45) is 0 Å². The Morgan fingerprint density at radius 1 is 1.25 bits per heavy atom. The molecule has 2 N–H and O–H groups in total. The molecule has 0 aromatic heterocycles. The number of para-hydroxylation sites is 1. The Morgan fingerprint density at radius 2 is 1.93 bits per heavy atom. The normalized spacial score (nSPS) is 15.8. The van der Waals surface area contributed by atoms with Gasteiger partial charge < -0.3 is 20.3 Å². The standard InChI is InChI=1S/C20H24ClN3O2.2ClH/c1-23(20(25)16-11-17(21)18(22)12-19(16)26-2)15-9-6-10-24(13-15)14-7-4-3-5-8-14;;/h3-5,7-8,11-12,15H,6,9-10,13,22H2,1-2H3;2*1H. The van der Waals surface area contributed by atoms with Gasteiger partial charge in [-0.15, -0.1) is 24.8 Å². The minimum Gasteiger partial charge on any atom is -0.496 e. The maximum absolute atomic E-state index is 13.1. The number of carbonyl (C=O) groups is 1. The van der Waals surface area contributed by atoms with Gasteiger partial charge in [-0.1, -0.05) is 29.8 Å². The molecule has 1 aliphatic rings. The van der Waals surface area contributed by atoms with Crippen molar-refractivity contribution >= 4 is 53.7 Å². The van der Waals surface area contributed by atoms with E-state index in [0.29, 0.717) is 22.0 Å². The minimum absolute atomic E-state index is 0. The number of nitrogens with two attached hydrogens (primary N) is 1. The summed E-state index contributed by atoms with van der Waals surface area (Å²) in [6.07, 6.45) is 2.01. The van der Waals surface area contributed by atoms with Gasteiger partial charge >= 0.3 is 0 Å². The van der Waals surface area contributed by atoms with E-state index >= 15 is 0 Å². The summed E-state index contributed by atoms with van der Waals surface area (Å²) in [4.78, 5) is 17.2. The van der Waals surface area contributed by atoms with Crippen molar-refractivity contribution in [2.75, 3.05) is 37.9 Å². The third kappa shape index (κ3) is 5.16. The van der Waals surface area contributed by atoms with Gasteiger partial charge in [0, 0.05) is 37.9 Å². The Bertz CT molecular complexity index is 790. The minimum atomic E-state index is -0.108. The van der Waals surface area contributed by atoms with Gasteiger partial charge in [0.1, 0.15) is 5.75 Å². The number of methoxy groups -OCH3 is 1. The zero-order chi connectivity index (χ0) is 18.7. The molecule has 1 saturated heterocycles. The predicted octanol–water partition coefficient (Wildman–Crippen LogP) is 4.52. The van der Waals surface area contributed by atoms with Crippen molar-refractivity contribution in [3.63, 3.8) is 0 Å². The molecular formula is C20H26Cl3N3O2. The molecule has 28 heavy (non-hydrogen) atoms. The topological polar surface area (TPSA) is 58.8 Å². The van der Waals surface area contributed by atoms with Crippen LogP contribution in [0.5, 0.6) is 5.75 Å². The van der Waals surface area contributed by atoms with Gasteiger partial charge in [-0.25, -0.2) is 0 Å². The van der Waals surface area contributed by atoms with Crippen molar-refractivity contribution in [1.82, 2.24) is 4.90 Å². The summed E-state index contributed by atoms with van der Waals surface area (Å²) in [7, 11) is 3.36. The van der Waals surface area contributed by atoms with E-state index in [1.54, 1.807) is 17.0 Å². The van der Waals surface area contributed by atoms with Crippen molar-refractivity contribution in [3.8, 4) is 5.75 Å². The molecule has 1 unspecified atom stereocenters. The number of rotatable bonds is 4. The number of amides is 1. The average Bonchev–Trinajstić information content (AvgIpc) is 2.69. The molecule has 1 aliphatic heterocycles. The first-order valence-corrected chi connectivity index (χ1v) is 9.09. The molecule has 0 radical (unpaired) electrons. The van der Waals surface area contributed by atoms with Gasteiger partial charge in [-0.05, 0) is 31.0 Å². The lowest BCUT2D eigenvalue weighted by Crippen LogP contribution is -2.48. The van der Waals surface area contributed by atoms with E-state index in [0.717, 1.165) is 25.9 Å². The van der Waals surface area contributed by atoms with Gasteiger partial charge in [-0.3, -0.25) is 4.79 Å². The van der Waals surface area contributed by atoms with Crippen LogP contribution in [0.1, 0.15) is 23.2 Å². The van der Waals surface area contributed by atoms with E-state index in [1.165, 1.54) is 12.8 Å². The Labute approximate surface area is 183 Å². The summed E-state index contributed by atoms with van der Waals surface area (Å²) in [6, 6.07) is 13.6. The maximum Gasteiger partial charge on any atom is 0.257 e. The van der Waals surface area contributed by atoms with Gasteiger partial charge in [0.25, 0.3) is 5.91 Å². The number of halogens is 3. The number of nitrogen functional groups attached to an aromatic ring is 1. The van der Waals surface area contributed by atoms with Crippen molar-refractivity contribution in [1.29, 1.82) is 0 Å². The lowest BCUT2D eigenvalue weighted by Gasteiger charge is -2.39. The van der Waals surface area contributed by atoms with Gasteiger partial charge in [0.2, 0.25) is 0 Å². The maximum atomic E-state index is 13.1. The smallest absolute Gasteiger partial charge is 0.257 e. The summed E-state index contributed by atoms with van der Waals surface area (Å²) in [5.41, 5.74) is 7.84. The number of benzene rings is 2. The monoisotopic (exact) mass is 445 g/mol. The summed E-state index contributed by atoms with van der Waals surface area (Å²) < 4.78 is 5.33. The van der Waals surface area contributed by atoms with Crippen LogP contribution < -0.4 is 15.4 Å². The van der Waals surface area contributed by atoms with E-state index in [4.69, 9.17) is 22.1 Å². The summed E-state index contributed by atoms with van der Waals surface area (Å²) >= 11 is 6.12. The van der Waals surface area contributed by atoms with Crippen LogP contribution in [-0.2, 0) is 0 Å². The third-order valence-corrected chi connectivity index (χ3v) is 5.26. The first-order chi connectivity index (χ1) is 12.5. The fourth-order valence-electron chi connectivity index (χ4n) is 3.41. The average molecular weight is 447 g/mol. The number of hydrogen-bond acceptors (Lipinski definition) is 4. The van der Waals surface area contributed by atoms with Crippen LogP contribution in [0.2, 0.25) is 5.02 Å². The van der Waals surface area contributed by atoms with Gasteiger partial charge in [0.05, 0.1) is 23.4 Å². The highest BCUT2D eigenvalue weighted by Gasteiger charge is 2.28. The highest BCUT2D eigenvalue weighted by molar-refractivity contribution is 6.33. The zero-order valence-electron chi connectivity index (χ0n) is 15.9. The summed E-state index contributed by atoms with van der Waals surface area (Å²) in [6.45, 7) is 1.80. The number of likely N-dealkylation sites (N-methyl/N-ethyl adjacent to an activating group) is 1. The Kier molecular flexibility index (Phi) is 9.21. The quantitative estimate of drug-likeness (QED) is 0.702. The summed E-state index contributed by atoms with van der Waals surface area (Å²) in [5, 5.41) is 0.358. The number of nitrogens with zero attached hydrogens (tertiary/aromatic N) is 2. The molecule has 0 bridgehead atoms. The molecule has 0 saturated carbocycles.